The molecule has 4 aromatic heterocycles. The van der Waals surface area contributed by atoms with Gasteiger partial charge in [0.25, 0.3) is 0 Å². The van der Waals surface area contributed by atoms with Gasteiger partial charge in [-0.2, -0.15) is 5.10 Å². The summed E-state index contributed by atoms with van der Waals surface area (Å²) in [6.07, 6.45) is 7.01. The van der Waals surface area contributed by atoms with Crippen molar-refractivity contribution >= 4 is 33.1 Å². The van der Waals surface area contributed by atoms with Crippen LogP contribution in [-0.2, 0) is 4.79 Å². The van der Waals surface area contributed by atoms with Crippen molar-refractivity contribution in [2.24, 2.45) is 5.73 Å². The molecule has 0 saturated carbocycles. The number of aromatic amines is 1. The number of aromatic nitrogens is 4. The van der Waals surface area contributed by atoms with Crippen molar-refractivity contribution in [3.05, 3.63) is 40.2 Å². The number of H-pyrrole nitrogens is 1. The second kappa shape index (κ2) is 8.57. The van der Waals surface area contributed by atoms with E-state index in [1.165, 1.54) is 31.9 Å². The second-order valence-electron chi connectivity index (χ2n) is 9.67. The van der Waals surface area contributed by atoms with E-state index in [1.54, 1.807) is 6.33 Å². The zero-order chi connectivity index (χ0) is 23.3. The number of carbonyl (C=O) groups is 1. The van der Waals surface area contributed by atoms with E-state index in [9.17, 15) is 4.79 Å². The molecule has 4 aromatic rings. The Morgan fingerprint density at radius 3 is 2.88 bits per heavy atom. The number of rotatable bonds is 5. The Morgan fingerprint density at radius 2 is 2.12 bits per heavy atom. The molecule has 5 rings (SSSR count). The highest BCUT2D eigenvalue weighted by molar-refractivity contribution is 7.19. The molecule has 0 bridgehead atoms. The van der Waals surface area contributed by atoms with Crippen molar-refractivity contribution in [1.29, 1.82) is 0 Å². The number of pyridine rings is 1. The maximum Gasteiger partial charge on any atom is 0.231 e. The molecule has 1 aliphatic rings. The molecule has 0 spiro atoms. The van der Waals surface area contributed by atoms with Gasteiger partial charge in [0, 0.05) is 22.0 Å². The number of nitrogens with zero attached hydrogens (tertiary/aromatic N) is 4. The molecule has 8 heteroatoms. The highest BCUT2D eigenvalue weighted by Gasteiger charge is 2.27. The van der Waals surface area contributed by atoms with Gasteiger partial charge in [-0.15, -0.1) is 11.3 Å². The molecule has 1 saturated heterocycles. The molecule has 174 valence electrons. The molecule has 0 aromatic carbocycles. The summed E-state index contributed by atoms with van der Waals surface area (Å²) >= 11 is 1.91. The molecular weight excluding hydrogens is 432 g/mol. The van der Waals surface area contributed by atoms with E-state index in [0.717, 1.165) is 49.1 Å². The van der Waals surface area contributed by atoms with Crippen LogP contribution in [0.25, 0.3) is 27.1 Å². The summed E-state index contributed by atoms with van der Waals surface area (Å²) in [6.45, 7) is 11.2. The van der Waals surface area contributed by atoms with E-state index < -0.39 is 0 Å². The van der Waals surface area contributed by atoms with Crippen LogP contribution in [0.4, 0.5) is 0 Å². The van der Waals surface area contributed by atoms with Crippen molar-refractivity contribution in [1.82, 2.24) is 24.5 Å². The molecule has 1 amide bonds. The highest BCUT2D eigenvalue weighted by atomic mass is 32.1. The summed E-state index contributed by atoms with van der Waals surface area (Å²) in [4.78, 5) is 24.5. The first-order valence-corrected chi connectivity index (χ1v) is 12.6. The van der Waals surface area contributed by atoms with Gasteiger partial charge in [-0.25, -0.2) is 9.50 Å². The predicted molar refractivity (Wildman–Crippen MR) is 134 cm³/mol. The van der Waals surface area contributed by atoms with Crippen molar-refractivity contribution < 1.29 is 4.79 Å². The van der Waals surface area contributed by atoms with E-state index in [2.05, 4.69) is 59.9 Å². The fourth-order valence-electron chi connectivity index (χ4n) is 5.47. The van der Waals surface area contributed by atoms with Crippen LogP contribution in [0.5, 0.6) is 0 Å². The Kier molecular flexibility index (Phi) is 5.74. The predicted octanol–water partition coefficient (Wildman–Crippen LogP) is 4.73. The molecule has 33 heavy (non-hydrogen) atoms. The van der Waals surface area contributed by atoms with Gasteiger partial charge < -0.3 is 10.7 Å². The van der Waals surface area contributed by atoms with E-state index in [4.69, 9.17) is 5.73 Å². The number of aryl methyl sites for hydroxylation is 2. The lowest BCUT2D eigenvalue weighted by atomic mass is 9.92. The Balaban J connectivity index is 1.54. The summed E-state index contributed by atoms with van der Waals surface area (Å²) < 4.78 is 1.87. The molecule has 0 aliphatic carbocycles. The third-order valence-electron chi connectivity index (χ3n) is 6.96. The van der Waals surface area contributed by atoms with Crippen molar-refractivity contribution in [2.75, 3.05) is 19.6 Å². The monoisotopic (exact) mass is 464 g/mol. The average molecular weight is 465 g/mol. The van der Waals surface area contributed by atoms with E-state index in [0.29, 0.717) is 18.4 Å². The minimum atomic E-state index is -0.234. The third-order valence-corrected chi connectivity index (χ3v) is 8.33. The Labute approximate surface area is 198 Å². The fourth-order valence-corrected chi connectivity index (χ4v) is 6.87. The molecular formula is C25H32N6OS. The van der Waals surface area contributed by atoms with Gasteiger partial charge in [0.1, 0.15) is 11.2 Å². The smallest absolute Gasteiger partial charge is 0.231 e. The largest absolute Gasteiger partial charge is 0.369 e. The minimum absolute atomic E-state index is 0.234. The molecule has 7 nitrogen and oxygen atoms in total. The fraction of sp³-hybridized carbons (Fsp3) is 0.480. The van der Waals surface area contributed by atoms with Crippen LogP contribution in [0.15, 0.2) is 18.6 Å². The summed E-state index contributed by atoms with van der Waals surface area (Å²) in [7, 11) is 0. The standard InChI is InChI=1S/C25H32N6OS/c1-14(2)20-21-16(4)23(17-6-5-8-30(9-7-17)12-19(26)32)33-25(21)29-22(20)18-10-15(3)24-27-13-28-31(24)11-18/h10-11,13-14,17,29H,5-9,12H2,1-4H3,(H2,26,32)/t17-/m0/s1. The molecule has 0 unspecified atom stereocenters. The molecule has 1 aliphatic heterocycles. The first-order valence-electron chi connectivity index (χ1n) is 11.8. The quantitative estimate of drug-likeness (QED) is 0.446. The Hall–Kier alpha value is -2.71. The van der Waals surface area contributed by atoms with Gasteiger partial charge in [-0.05, 0) is 80.8 Å². The number of carbonyl (C=O) groups excluding carboxylic acids is 1. The van der Waals surface area contributed by atoms with Gasteiger partial charge in [-0.3, -0.25) is 9.69 Å². The number of nitrogens with one attached hydrogen (secondary N) is 1. The van der Waals surface area contributed by atoms with Crippen LogP contribution in [0.1, 0.15) is 66.5 Å². The number of hydrogen-bond donors (Lipinski definition) is 2. The number of amides is 1. The number of likely N-dealkylation sites (tertiary alicyclic amines) is 1. The normalized spacial score (nSPS) is 17.9. The molecule has 1 fully saturated rings. The van der Waals surface area contributed by atoms with Crippen LogP contribution in [0, 0.1) is 13.8 Å². The lowest BCUT2D eigenvalue weighted by molar-refractivity contribution is -0.119. The van der Waals surface area contributed by atoms with Crippen molar-refractivity contribution in [3.63, 3.8) is 0 Å². The first kappa shape index (κ1) is 22.1. The molecule has 3 N–H and O–H groups in total. The Bertz CT molecular complexity index is 1330. The number of hydrogen-bond acceptors (Lipinski definition) is 5. The topological polar surface area (TPSA) is 92.3 Å². The number of fused-ring (bicyclic) bond motifs is 2. The lowest BCUT2D eigenvalue weighted by Crippen LogP contribution is -2.34. The number of primary amides is 1. The molecule has 1 atom stereocenters. The number of thiophene rings is 1. The minimum Gasteiger partial charge on any atom is -0.369 e. The van der Waals surface area contributed by atoms with Crippen molar-refractivity contribution in [2.45, 2.75) is 58.8 Å². The zero-order valence-corrected chi connectivity index (χ0v) is 20.6. The maximum absolute atomic E-state index is 11.4. The van der Waals surface area contributed by atoms with Crippen molar-refractivity contribution in [3.8, 4) is 11.3 Å². The van der Waals surface area contributed by atoms with Crippen LogP contribution >= 0.6 is 11.3 Å². The van der Waals surface area contributed by atoms with Crippen LogP contribution < -0.4 is 5.73 Å². The highest BCUT2D eigenvalue weighted by Crippen LogP contribution is 2.45. The lowest BCUT2D eigenvalue weighted by Gasteiger charge is -2.18. The van der Waals surface area contributed by atoms with Gasteiger partial charge in [-0.1, -0.05) is 13.8 Å². The summed E-state index contributed by atoms with van der Waals surface area (Å²) in [5.41, 5.74) is 12.6. The second-order valence-corrected chi connectivity index (χ2v) is 10.7. The van der Waals surface area contributed by atoms with E-state index in [1.807, 2.05) is 15.9 Å². The zero-order valence-electron chi connectivity index (χ0n) is 19.8. The van der Waals surface area contributed by atoms with Gasteiger partial charge >= 0.3 is 0 Å². The van der Waals surface area contributed by atoms with E-state index >= 15 is 0 Å². The third kappa shape index (κ3) is 3.95. The SMILES string of the molecule is Cc1c([C@H]2CCCN(CC(N)=O)CC2)sc2[nH]c(-c3cc(C)c4ncnn4c3)c(C(C)C)c12. The van der Waals surface area contributed by atoms with Gasteiger partial charge in [0.05, 0.1) is 12.2 Å². The summed E-state index contributed by atoms with van der Waals surface area (Å²) in [5.74, 6) is 0.690. The Morgan fingerprint density at radius 1 is 1.30 bits per heavy atom. The average Bonchev–Trinajstić information content (AvgIpc) is 3.40. The molecule has 5 heterocycles. The first-order chi connectivity index (χ1) is 15.8. The van der Waals surface area contributed by atoms with E-state index in [-0.39, 0.29) is 5.91 Å². The van der Waals surface area contributed by atoms with Gasteiger partial charge in [0.15, 0.2) is 5.65 Å². The number of nitrogens with two attached hydrogens (primary N) is 1. The maximum atomic E-state index is 11.4. The summed E-state index contributed by atoms with van der Waals surface area (Å²) in [6, 6.07) is 2.21. The summed E-state index contributed by atoms with van der Waals surface area (Å²) in [5, 5.41) is 5.75. The van der Waals surface area contributed by atoms with Crippen LogP contribution in [-0.4, -0.2) is 50.0 Å². The van der Waals surface area contributed by atoms with Crippen LogP contribution in [0.3, 0.4) is 0 Å². The van der Waals surface area contributed by atoms with Gasteiger partial charge in [0.2, 0.25) is 5.91 Å². The molecule has 0 radical (unpaired) electrons. The van der Waals surface area contributed by atoms with Crippen LogP contribution in [0.2, 0.25) is 0 Å².